The average Bonchev–Trinajstić information content (AvgIpc) is 1.56. The molecule has 1 atom stereocenters. The molecule has 0 heterocycles. The number of nitrogens with two attached hydrogens (primary N) is 1. The van der Waals surface area contributed by atoms with Gasteiger partial charge in [0.25, 0.3) is 5.85 Å². The third kappa shape index (κ3) is 3.10. The van der Waals surface area contributed by atoms with Gasteiger partial charge in [-0.2, -0.15) is 0 Å². The molecule has 0 spiro atoms. The highest BCUT2D eigenvalue weighted by Gasteiger charge is 2.44. The molecule has 0 aromatic rings. The van der Waals surface area contributed by atoms with Crippen molar-refractivity contribution in [3.05, 3.63) is 0 Å². The number of nitrogens with one attached hydrogen (secondary N) is 1. The van der Waals surface area contributed by atoms with Crippen molar-refractivity contribution >= 4 is 0 Å². The summed E-state index contributed by atoms with van der Waals surface area (Å²) in [6.45, 7) is 3.23. The lowest BCUT2D eigenvalue weighted by Crippen LogP contribution is -2.70. The summed E-state index contributed by atoms with van der Waals surface area (Å²) in [6, 6.07) is -0.296. The van der Waals surface area contributed by atoms with Crippen molar-refractivity contribution in [1.82, 2.24) is 5.32 Å². The standard InChI is InChI=1S/C5H14N2O4/c1-3(2)7-4(6,8)5(9,10)11/h3,7-11H,6H2,1-2H3. The molecule has 0 aromatic carbocycles. The van der Waals surface area contributed by atoms with Gasteiger partial charge in [-0.25, -0.2) is 0 Å². The van der Waals surface area contributed by atoms with Crippen LogP contribution < -0.4 is 11.1 Å². The molecule has 1 unspecified atom stereocenters. The maximum atomic E-state index is 8.94. The molecule has 0 aliphatic heterocycles. The summed E-state index contributed by atoms with van der Waals surface area (Å²) in [5.41, 5.74) is 4.89. The van der Waals surface area contributed by atoms with E-state index in [1.807, 2.05) is 0 Å². The maximum absolute atomic E-state index is 8.94. The predicted molar refractivity (Wildman–Crippen MR) is 36.8 cm³/mol. The molecular formula is C5H14N2O4. The van der Waals surface area contributed by atoms with Gasteiger partial charge in [0.05, 0.1) is 0 Å². The maximum Gasteiger partial charge on any atom is 0.335 e. The van der Waals surface area contributed by atoms with Gasteiger partial charge in [0.15, 0.2) is 0 Å². The molecule has 0 amide bonds. The van der Waals surface area contributed by atoms with Crippen LogP contribution in [0.4, 0.5) is 0 Å². The van der Waals surface area contributed by atoms with Crippen LogP contribution in [0.5, 0.6) is 0 Å². The fourth-order valence-corrected chi connectivity index (χ4v) is 0.537. The Kier molecular flexibility index (Phi) is 2.95. The summed E-state index contributed by atoms with van der Waals surface area (Å²) in [6.07, 6.45) is 0. The first-order valence-electron chi connectivity index (χ1n) is 3.13. The van der Waals surface area contributed by atoms with Crippen LogP contribution in [0.3, 0.4) is 0 Å². The highest BCUT2D eigenvalue weighted by Crippen LogP contribution is 2.07. The van der Waals surface area contributed by atoms with Gasteiger partial charge >= 0.3 is 5.97 Å². The van der Waals surface area contributed by atoms with Gasteiger partial charge in [0, 0.05) is 6.04 Å². The molecule has 6 nitrogen and oxygen atoms in total. The first kappa shape index (κ1) is 10.8. The van der Waals surface area contributed by atoms with Gasteiger partial charge in [-0.1, -0.05) is 0 Å². The van der Waals surface area contributed by atoms with Crippen LogP contribution in [0.1, 0.15) is 13.8 Å². The zero-order valence-corrected chi connectivity index (χ0v) is 6.44. The van der Waals surface area contributed by atoms with E-state index in [4.69, 9.17) is 26.2 Å². The lowest BCUT2D eigenvalue weighted by molar-refractivity contribution is -0.398. The SMILES string of the molecule is CC(C)NC(N)(O)C(O)(O)O. The molecule has 68 valence electrons. The summed E-state index contributed by atoms with van der Waals surface area (Å²) in [7, 11) is 0. The minimum atomic E-state index is -3.35. The van der Waals surface area contributed by atoms with Crippen LogP contribution in [-0.2, 0) is 0 Å². The molecule has 0 fully saturated rings. The van der Waals surface area contributed by atoms with E-state index in [0.29, 0.717) is 0 Å². The topological polar surface area (TPSA) is 119 Å². The zero-order valence-electron chi connectivity index (χ0n) is 6.44. The van der Waals surface area contributed by atoms with Gasteiger partial charge in [-0.3, -0.25) is 11.1 Å². The van der Waals surface area contributed by atoms with Crippen LogP contribution in [0.15, 0.2) is 0 Å². The summed E-state index contributed by atoms with van der Waals surface area (Å²) >= 11 is 0. The molecule has 11 heavy (non-hydrogen) atoms. The van der Waals surface area contributed by atoms with Crippen LogP contribution in [0.2, 0.25) is 0 Å². The van der Waals surface area contributed by atoms with Gasteiger partial charge in [0.1, 0.15) is 0 Å². The Bertz CT molecular complexity index is 129. The highest BCUT2D eigenvalue weighted by atomic mass is 16.7. The molecule has 0 aliphatic rings. The van der Waals surface area contributed by atoms with Crippen molar-refractivity contribution in [3.8, 4) is 0 Å². The molecule has 0 aliphatic carbocycles. The van der Waals surface area contributed by atoms with Crippen LogP contribution >= 0.6 is 0 Å². The Balaban J connectivity index is 4.22. The molecule has 0 saturated carbocycles. The third-order valence-electron chi connectivity index (χ3n) is 1.02. The van der Waals surface area contributed by atoms with Crippen LogP contribution in [-0.4, -0.2) is 38.3 Å². The smallest absolute Gasteiger partial charge is 0.335 e. The van der Waals surface area contributed by atoms with Gasteiger partial charge in [-0.15, -0.1) is 0 Å². The number of hydrogen-bond donors (Lipinski definition) is 6. The lowest BCUT2D eigenvalue weighted by Gasteiger charge is -2.33. The van der Waals surface area contributed by atoms with Crippen molar-refractivity contribution in [2.24, 2.45) is 5.73 Å². The predicted octanol–water partition coefficient (Wildman–Crippen LogP) is -2.78. The number of hydrogen-bond acceptors (Lipinski definition) is 6. The van der Waals surface area contributed by atoms with E-state index in [1.54, 1.807) is 13.8 Å². The van der Waals surface area contributed by atoms with Crippen LogP contribution in [0, 0.1) is 0 Å². The lowest BCUT2D eigenvalue weighted by atomic mass is 10.3. The normalized spacial score (nSPS) is 18.5. The van der Waals surface area contributed by atoms with Crippen molar-refractivity contribution in [2.75, 3.05) is 0 Å². The number of aliphatic hydroxyl groups is 4. The van der Waals surface area contributed by atoms with Gasteiger partial charge in [0.2, 0.25) is 0 Å². The largest absolute Gasteiger partial charge is 0.357 e. The quantitative estimate of drug-likeness (QED) is 0.252. The second kappa shape index (κ2) is 3.02. The third-order valence-corrected chi connectivity index (χ3v) is 1.02. The summed E-state index contributed by atoms with van der Waals surface area (Å²) in [4.78, 5) is 0. The molecule has 0 bridgehead atoms. The Hall–Kier alpha value is -0.240. The Labute approximate surface area is 64.3 Å². The molecule has 6 heteroatoms. The fraction of sp³-hybridized carbons (Fsp3) is 1.00. The molecule has 7 N–H and O–H groups in total. The second-order valence-corrected chi connectivity index (χ2v) is 2.70. The molecular weight excluding hydrogens is 152 g/mol. The summed E-state index contributed by atoms with van der Waals surface area (Å²) < 4.78 is 0. The average molecular weight is 166 g/mol. The van der Waals surface area contributed by atoms with E-state index < -0.39 is 11.8 Å². The van der Waals surface area contributed by atoms with E-state index in [9.17, 15) is 0 Å². The van der Waals surface area contributed by atoms with Crippen molar-refractivity contribution in [2.45, 2.75) is 31.7 Å². The highest BCUT2D eigenvalue weighted by molar-refractivity contribution is 4.76. The molecule has 0 rings (SSSR count). The van der Waals surface area contributed by atoms with Gasteiger partial charge < -0.3 is 20.4 Å². The zero-order chi connectivity index (χ0) is 9.28. The van der Waals surface area contributed by atoms with E-state index >= 15 is 0 Å². The fourth-order valence-electron chi connectivity index (χ4n) is 0.537. The van der Waals surface area contributed by atoms with E-state index in [1.165, 1.54) is 0 Å². The molecule has 0 radical (unpaired) electrons. The van der Waals surface area contributed by atoms with Crippen molar-refractivity contribution in [3.63, 3.8) is 0 Å². The van der Waals surface area contributed by atoms with Crippen molar-refractivity contribution < 1.29 is 20.4 Å². The first-order chi connectivity index (χ1) is 4.67. The Morgan fingerprint density at radius 2 is 1.55 bits per heavy atom. The minimum Gasteiger partial charge on any atom is -0.357 e. The summed E-state index contributed by atoms with van der Waals surface area (Å²) in [5, 5.41) is 36.5. The summed E-state index contributed by atoms with van der Waals surface area (Å²) in [5.74, 6) is -5.97. The monoisotopic (exact) mass is 166 g/mol. The van der Waals surface area contributed by atoms with E-state index in [2.05, 4.69) is 5.32 Å². The van der Waals surface area contributed by atoms with Crippen LogP contribution in [0.25, 0.3) is 0 Å². The molecule has 0 aromatic heterocycles. The van der Waals surface area contributed by atoms with E-state index in [-0.39, 0.29) is 6.04 Å². The van der Waals surface area contributed by atoms with Gasteiger partial charge in [-0.05, 0) is 13.8 Å². The second-order valence-electron chi connectivity index (χ2n) is 2.70. The van der Waals surface area contributed by atoms with E-state index in [0.717, 1.165) is 0 Å². The van der Waals surface area contributed by atoms with Crippen molar-refractivity contribution in [1.29, 1.82) is 0 Å². The minimum absolute atomic E-state index is 0.296. The first-order valence-corrected chi connectivity index (χ1v) is 3.13. The number of rotatable bonds is 3. The molecule has 0 saturated heterocycles. The Morgan fingerprint density at radius 1 is 1.18 bits per heavy atom. The Morgan fingerprint density at radius 3 is 1.64 bits per heavy atom.